The molecular weight excluding hydrogens is 334 g/mol. The predicted molar refractivity (Wildman–Crippen MR) is 77.3 cm³/mol. The zero-order valence-corrected chi connectivity index (χ0v) is 13.3. The Bertz CT molecular complexity index is 473. The van der Waals surface area contributed by atoms with Gasteiger partial charge in [-0.2, -0.15) is 0 Å². The molecule has 0 aliphatic carbocycles. The van der Waals surface area contributed by atoms with Crippen molar-refractivity contribution in [3.05, 3.63) is 33.3 Å². The maximum atomic E-state index is 12.2. The summed E-state index contributed by atoms with van der Waals surface area (Å²) in [6.07, 6.45) is 0. The Kier molecular flexibility index (Phi) is 5.82. The average Bonchev–Trinajstić information content (AvgIpc) is 2.35. The molecule has 6 heteroatoms. The predicted octanol–water partition coefficient (Wildman–Crippen LogP) is 2.98. The van der Waals surface area contributed by atoms with Crippen LogP contribution in [0.15, 0.2) is 22.7 Å². The Morgan fingerprint density at radius 2 is 2.05 bits per heavy atom. The van der Waals surface area contributed by atoms with Crippen LogP contribution in [0.1, 0.15) is 17.3 Å². The number of halogens is 2. The topological polar surface area (TPSA) is 46.6 Å². The number of methoxy groups -OCH3 is 1. The molecular formula is C13H15BrClNO3. The van der Waals surface area contributed by atoms with Gasteiger partial charge < -0.3 is 9.64 Å². The van der Waals surface area contributed by atoms with Gasteiger partial charge in [-0.15, -0.1) is 0 Å². The lowest BCUT2D eigenvalue weighted by Gasteiger charge is -2.20. The molecule has 0 heterocycles. The van der Waals surface area contributed by atoms with Crippen LogP contribution in [0.3, 0.4) is 0 Å². The number of hydrogen-bond acceptors (Lipinski definition) is 3. The fraction of sp³-hybridized carbons (Fsp3) is 0.385. The summed E-state index contributed by atoms with van der Waals surface area (Å²) in [6.45, 7) is 2.00. The van der Waals surface area contributed by atoms with E-state index in [-0.39, 0.29) is 24.3 Å². The normalized spacial score (nSPS) is 11.8. The Hall–Kier alpha value is -1.07. The van der Waals surface area contributed by atoms with Gasteiger partial charge in [0, 0.05) is 28.7 Å². The highest BCUT2D eigenvalue weighted by Crippen LogP contribution is 2.20. The van der Waals surface area contributed by atoms with Crippen LogP contribution in [-0.2, 0) is 9.53 Å². The van der Waals surface area contributed by atoms with Gasteiger partial charge in [-0.25, -0.2) is 0 Å². The molecule has 4 nitrogen and oxygen atoms in total. The number of hydrogen-bond donors (Lipinski definition) is 0. The minimum atomic E-state index is -0.374. The summed E-state index contributed by atoms with van der Waals surface area (Å²) >= 11 is 9.19. The van der Waals surface area contributed by atoms with Crippen LogP contribution < -0.4 is 0 Å². The highest BCUT2D eigenvalue weighted by Gasteiger charge is 2.20. The first-order valence-electron chi connectivity index (χ1n) is 5.64. The number of carbonyl (C=O) groups excluding carboxylic acids is 2. The van der Waals surface area contributed by atoms with E-state index in [9.17, 15) is 9.59 Å². The fourth-order valence-electron chi connectivity index (χ4n) is 1.67. The Labute approximate surface area is 125 Å². The SMILES string of the molecule is COC(=O)C(C)CN(C)C(=O)c1cc(Cl)cc(Br)c1. The molecule has 19 heavy (non-hydrogen) atoms. The number of rotatable bonds is 4. The summed E-state index contributed by atoms with van der Waals surface area (Å²) < 4.78 is 5.37. The average molecular weight is 349 g/mol. The van der Waals surface area contributed by atoms with E-state index in [1.165, 1.54) is 12.0 Å². The van der Waals surface area contributed by atoms with E-state index in [4.69, 9.17) is 11.6 Å². The Morgan fingerprint density at radius 3 is 2.58 bits per heavy atom. The van der Waals surface area contributed by atoms with Crippen LogP contribution in [0.4, 0.5) is 0 Å². The van der Waals surface area contributed by atoms with Gasteiger partial charge in [-0.05, 0) is 18.2 Å². The molecule has 0 aliphatic rings. The van der Waals surface area contributed by atoms with Crippen LogP contribution in [0, 0.1) is 5.92 Å². The second kappa shape index (κ2) is 6.91. The highest BCUT2D eigenvalue weighted by molar-refractivity contribution is 9.10. The molecule has 0 fully saturated rings. The van der Waals surface area contributed by atoms with Crippen molar-refractivity contribution in [2.24, 2.45) is 5.92 Å². The lowest BCUT2D eigenvalue weighted by atomic mass is 10.1. The van der Waals surface area contributed by atoms with Crippen LogP contribution in [0.25, 0.3) is 0 Å². The second-order valence-electron chi connectivity index (χ2n) is 4.27. The maximum Gasteiger partial charge on any atom is 0.310 e. The van der Waals surface area contributed by atoms with Crippen molar-refractivity contribution in [1.29, 1.82) is 0 Å². The molecule has 1 atom stereocenters. The van der Waals surface area contributed by atoms with E-state index in [1.54, 1.807) is 32.2 Å². The summed E-state index contributed by atoms with van der Waals surface area (Å²) in [5, 5.41) is 0.479. The molecule has 1 unspecified atom stereocenters. The summed E-state index contributed by atoms with van der Waals surface area (Å²) in [4.78, 5) is 25.0. The largest absolute Gasteiger partial charge is 0.469 e. The third-order valence-electron chi connectivity index (χ3n) is 2.61. The van der Waals surface area contributed by atoms with E-state index in [2.05, 4.69) is 20.7 Å². The quantitative estimate of drug-likeness (QED) is 0.786. The molecule has 0 bridgehead atoms. The van der Waals surface area contributed by atoms with Crippen molar-refractivity contribution in [3.63, 3.8) is 0 Å². The third-order valence-corrected chi connectivity index (χ3v) is 3.28. The standard InChI is InChI=1S/C13H15BrClNO3/c1-8(13(18)19-3)7-16(2)12(17)9-4-10(14)6-11(15)5-9/h4-6,8H,7H2,1-3H3. The number of nitrogens with zero attached hydrogens (tertiary/aromatic N) is 1. The van der Waals surface area contributed by atoms with Crippen LogP contribution in [0.5, 0.6) is 0 Å². The molecule has 104 valence electrons. The van der Waals surface area contributed by atoms with Gasteiger partial charge in [0.1, 0.15) is 0 Å². The van der Waals surface area contributed by atoms with Gasteiger partial charge in [0.05, 0.1) is 13.0 Å². The third kappa shape index (κ3) is 4.51. The molecule has 1 amide bonds. The van der Waals surface area contributed by atoms with Gasteiger partial charge in [0.15, 0.2) is 0 Å². The van der Waals surface area contributed by atoms with Crippen LogP contribution in [-0.4, -0.2) is 37.5 Å². The van der Waals surface area contributed by atoms with Gasteiger partial charge in [-0.3, -0.25) is 9.59 Å². The molecule has 0 N–H and O–H groups in total. The fourth-order valence-corrected chi connectivity index (χ4v) is 2.53. The van der Waals surface area contributed by atoms with Gasteiger partial charge >= 0.3 is 5.97 Å². The van der Waals surface area contributed by atoms with Gasteiger partial charge in [-0.1, -0.05) is 34.5 Å². The Balaban J connectivity index is 2.79. The first kappa shape index (κ1) is 16.0. The number of esters is 1. The van der Waals surface area contributed by atoms with E-state index in [1.807, 2.05) is 0 Å². The Morgan fingerprint density at radius 1 is 1.42 bits per heavy atom. The molecule has 1 aromatic carbocycles. The minimum absolute atomic E-state index is 0.195. The molecule has 0 saturated heterocycles. The van der Waals surface area contributed by atoms with Crippen LogP contribution >= 0.6 is 27.5 Å². The number of amides is 1. The van der Waals surface area contributed by atoms with Crippen molar-refractivity contribution in [2.45, 2.75) is 6.92 Å². The summed E-state index contributed by atoms with van der Waals surface area (Å²) in [7, 11) is 2.96. The van der Waals surface area contributed by atoms with E-state index >= 15 is 0 Å². The van der Waals surface area contributed by atoms with Gasteiger partial charge in [0.25, 0.3) is 5.91 Å². The number of benzene rings is 1. The minimum Gasteiger partial charge on any atom is -0.469 e. The number of carbonyl (C=O) groups is 2. The van der Waals surface area contributed by atoms with Crippen molar-refractivity contribution < 1.29 is 14.3 Å². The maximum absolute atomic E-state index is 12.2. The van der Waals surface area contributed by atoms with E-state index in [0.717, 1.165) is 4.47 Å². The smallest absolute Gasteiger partial charge is 0.310 e. The monoisotopic (exact) mass is 347 g/mol. The van der Waals surface area contributed by atoms with Crippen molar-refractivity contribution >= 4 is 39.4 Å². The molecule has 0 aliphatic heterocycles. The molecule has 0 spiro atoms. The molecule has 0 saturated carbocycles. The van der Waals surface area contributed by atoms with E-state index < -0.39 is 0 Å². The van der Waals surface area contributed by atoms with Crippen LogP contribution in [0.2, 0.25) is 5.02 Å². The first-order valence-corrected chi connectivity index (χ1v) is 6.81. The zero-order chi connectivity index (χ0) is 14.6. The molecule has 0 radical (unpaired) electrons. The first-order chi connectivity index (χ1) is 8.85. The molecule has 0 aromatic heterocycles. The zero-order valence-electron chi connectivity index (χ0n) is 10.9. The molecule has 1 rings (SSSR count). The second-order valence-corrected chi connectivity index (χ2v) is 5.62. The molecule has 1 aromatic rings. The van der Waals surface area contributed by atoms with Gasteiger partial charge in [0.2, 0.25) is 0 Å². The van der Waals surface area contributed by atoms with Crippen molar-refractivity contribution in [3.8, 4) is 0 Å². The lowest BCUT2D eigenvalue weighted by molar-refractivity contribution is -0.145. The van der Waals surface area contributed by atoms with E-state index in [0.29, 0.717) is 10.6 Å². The summed E-state index contributed by atoms with van der Waals surface area (Å²) in [5.74, 6) is -0.910. The number of ether oxygens (including phenoxy) is 1. The summed E-state index contributed by atoms with van der Waals surface area (Å²) in [6, 6.07) is 4.98. The summed E-state index contributed by atoms with van der Waals surface area (Å²) in [5.41, 5.74) is 0.471. The van der Waals surface area contributed by atoms with Crippen molar-refractivity contribution in [2.75, 3.05) is 20.7 Å². The lowest BCUT2D eigenvalue weighted by Crippen LogP contribution is -2.34. The highest BCUT2D eigenvalue weighted by atomic mass is 79.9. The van der Waals surface area contributed by atoms with Crippen molar-refractivity contribution in [1.82, 2.24) is 4.90 Å².